The van der Waals surface area contributed by atoms with Gasteiger partial charge in [-0.05, 0) is 31.7 Å². The Morgan fingerprint density at radius 1 is 1.41 bits per heavy atom. The number of H-pyrrole nitrogens is 1. The summed E-state index contributed by atoms with van der Waals surface area (Å²) in [5, 5.41) is 22.0. The van der Waals surface area contributed by atoms with E-state index in [2.05, 4.69) is 36.6 Å². The van der Waals surface area contributed by atoms with Crippen molar-refractivity contribution in [3.63, 3.8) is 0 Å². The van der Waals surface area contributed by atoms with Crippen molar-refractivity contribution in [1.29, 1.82) is 0 Å². The fraction of sp³-hybridized carbons (Fsp3) is 0.769. The summed E-state index contributed by atoms with van der Waals surface area (Å²) in [6.07, 6.45) is 2.37. The van der Waals surface area contributed by atoms with Crippen LogP contribution >= 0.6 is 0 Å². The fourth-order valence-electron chi connectivity index (χ4n) is 2.43. The van der Waals surface area contributed by atoms with Crippen LogP contribution in [0.4, 0.5) is 0 Å². The third kappa shape index (κ3) is 4.76. The molecule has 1 aliphatic rings. The van der Waals surface area contributed by atoms with Gasteiger partial charge in [0, 0.05) is 0 Å². The van der Waals surface area contributed by atoms with Gasteiger partial charge >= 0.3 is 0 Å². The number of nitrogens with one attached hydrogen (secondary N) is 4. The minimum atomic E-state index is -0.554. The molecule has 0 radical (unpaired) electrons. The molecule has 2 amide bonds. The van der Waals surface area contributed by atoms with Crippen molar-refractivity contribution in [3.05, 3.63) is 5.82 Å². The van der Waals surface area contributed by atoms with Crippen LogP contribution in [-0.4, -0.2) is 51.1 Å². The predicted octanol–water partition coefficient (Wildman–Crippen LogP) is -0.901. The second-order valence-corrected chi connectivity index (χ2v) is 5.89. The lowest BCUT2D eigenvalue weighted by molar-refractivity contribution is -0.130. The minimum absolute atomic E-state index is 0.113. The van der Waals surface area contributed by atoms with Crippen molar-refractivity contribution in [3.8, 4) is 0 Å². The highest BCUT2D eigenvalue weighted by Gasteiger charge is 2.27. The SMILES string of the molecule is CC(C)CC(NC(=O)C1CCCN1)C(=O)NCc1nn[nH]n1. The summed E-state index contributed by atoms with van der Waals surface area (Å²) < 4.78 is 0. The molecule has 2 unspecified atom stereocenters. The zero-order valence-corrected chi connectivity index (χ0v) is 12.9. The maximum Gasteiger partial charge on any atom is 0.242 e. The van der Waals surface area contributed by atoms with Crippen molar-refractivity contribution in [2.45, 2.75) is 51.7 Å². The number of amides is 2. The van der Waals surface area contributed by atoms with Crippen molar-refractivity contribution in [2.24, 2.45) is 5.92 Å². The van der Waals surface area contributed by atoms with E-state index in [9.17, 15) is 9.59 Å². The summed E-state index contributed by atoms with van der Waals surface area (Å²) in [6, 6.07) is -0.749. The van der Waals surface area contributed by atoms with Crippen LogP contribution in [0.5, 0.6) is 0 Å². The Bertz CT molecular complexity index is 483. The van der Waals surface area contributed by atoms with Crippen molar-refractivity contribution in [2.75, 3.05) is 6.54 Å². The standard InChI is InChI=1S/C13H23N7O2/c1-8(2)6-10(16-13(22)9-4-3-5-14-9)12(21)15-7-11-17-19-20-18-11/h8-10,14H,3-7H2,1-2H3,(H,15,21)(H,16,22)(H,17,18,19,20). The molecular weight excluding hydrogens is 286 g/mol. The molecule has 22 heavy (non-hydrogen) atoms. The summed E-state index contributed by atoms with van der Waals surface area (Å²) in [4.78, 5) is 24.5. The number of aromatic amines is 1. The normalized spacial score (nSPS) is 19.1. The molecule has 9 heteroatoms. The third-order valence-corrected chi connectivity index (χ3v) is 3.53. The lowest BCUT2D eigenvalue weighted by Gasteiger charge is -2.21. The van der Waals surface area contributed by atoms with Crippen molar-refractivity contribution >= 4 is 11.8 Å². The second kappa shape index (κ2) is 7.83. The van der Waals surface area contributed by atoms with E-state index in [0.29, 0.717) is 12.2 Å². The molecule has 1 aromatic heterocycles. The van der Waals surface area contributed by atoms with E-state index >= 15 is 0 Å². The molecule has 0 aliphatic carbocycles. The van der Waals surface area contributed by atoms with E-state index in [1.54, 1.807) is 0 Å². The highest BCUT2D eigenvalue weighted by atomic mass is 16.2. The summed E-state index contributed by atoms with van der Waals surface area (Å²) in [5.41, 5.74) is 0. The summed E-state index contributed by atoms with van der Waals surface area (Å²) in [6.45, 7) is 5.05. The number of carbonyl (C=O) groups excluding carboxylic acids is 2. The van der Waals surface area contributed by atoms with Crippen LogP contribution in [0, 0.1) is 5.92 Å². The first-order valence-corrected chi connectivity index (χ1v) is 7.60. The van der Waals surface area contributed by atoms with E-state index in [1.165, 1.54) is 0 Å². The number of carbonyl (C=O) groups is 2. The molecule has 1 aromatic rings. The van der Waals surface area contributed by atoms with Crippen LogP contribution in [0.3, 0.4) is 0 Å². The van der Waals surface area contributed by atoms with E-state index in [0.717, 1.165) is 19.4 Å². The molecule has 4 N–H and O–H groups in total. The monoisotopic (exact) mass is 309 g/mol. The molecule has 0 bridgehead atoms. The number of hydrogen-bond donors (Lipinski definition) is 4. The zero-order valence-electron chi connectivity index (χ0n) is 12.9. The van der Waals surface area contributed by atoms with Crippen LogP contribution in [0.25, 0.3) is 0 Å². The molecule has 9 nitrogen and oxygen atoms in total. The van der Waals surface area contributed by atoms with Crippen LogP contribution in [0.2, 0.25) is 0 Å². The first kappa shape index (κ1) is 16.3. The predicted molar refractivity (Wildman–Crippen MR) is 78.4 cm³/mol. The molecule has 0 spiro atoms. The molecule has 0 aromatic carbocycles. The van der Waals surface area contributed by atoms with Crippen LogP contribution in [0.1, 0.15) is 38.9 Å². The first-order chi connectivity index (χ1) is 10.6. The number of aromatic nitrogens is 4. The van der Waals surface area contributed by atoms with E-state index < -0.39 is 6.04 Å². The topological polar surface area (TPSA) is 125 Å². The summed E-state index contributed by atoms with van der Waals surface area (Å²) in [5.74, 6) is 0.348. The molecule has 2 rings (SSSR count). The molecular formula is C13H23N7O2. The quantitative estimate of drug-likeness (QED) is 0.517. The van der Waals surface area contributed by atoms with Gasteiger partial charge in [0.2, 0.25) is 11.8 Å². The number of hydrogen-bond acceptors (Lipinski definition) is 6. The smallest absolute Gasteiger partial charge is 0.242 e. The maximum absolute atomic E-state index is 12.3. The van der Waals surface area contributed by atoms with Crippen molar-refractivity contribution < 1.29 is 9.59 Å². The summed E-state index contributed by atoms with van der Waals surface area (Å²) >= 11 is 0. The number of rotatable bonds is 7. The van der Waals surface area contributed by atoms with Gasteiger partial charge in [0.05, 0.1) is 12.6 Å². The highest BCUT2D eigenvalue weighted by Crippen LogP contribution is 2.09. The first-order valence-electron chi connectivity index (χ1n) is 7.60. The lowest BCUT2D eigenvalue weighted by Crippen LogP contribution is -2.51. The zero-order chi connectivity index (χ0) is 15.9. The molecule has 1 fully saturated rings. The Labute approximate surface area is 129 Å². The van der Waals surface area contributed by atoms with Gasteiger partial charge in [-0.2, -0.15) is 5.21 Å². The van der Waals surface area contributed by atoms with Gasteiger partial charge < -0.3 is 16.0 Å². The largest absolute Gasteiger partial charge is 0.347 e. The fourth-order valence-corrected chi connectivity index (χ4v) is 2.43. The van der Waals surface area contributed by atoms with Gasteiger partial charge in [-0.25, -0.2) is 0 Å². The van der Waals surface area contributed by atoms with Crippen LogP contribution in [0.15, 0.2) is 0 Å². The second-order valence-electron chi connectivity index (χ2n) is 5.89. The Hall–Kier alpha value is -2.03. The molecule has 122 valence electrons. The maximum atomic E-state index is 12.3. The van der Waals surface area contributed by atoms with Gasteiger partial charge in [0.1, 0.15) is 6.04 Å². The van der Waals surface area contributed by atoms with Gasteiger partial charge in [0.15, 0.2) is 5.82 Å². The number of tetrazole rings is 1. The minimum Gasteiger partial charge on any atom is -0.347 e. The van der Waals surface area contributed by atoms with Gasteiger partial charge in [0.25, 0.3) is 0 Å². The Morgan fingerprint density at radius 3 is 2.82 bits per heavy atom. The molecule has 2 heterocycles. The molecule has 2 atom stereocenters. The molecule has 0 saturated carbocycles. The molecule has 1 saturated heterocycles. The van der Waals surface area contributed by atoms with E-state index in [4.69, 9.17) is 0 Å². The van der Waals surface area contributed by atoms with Gasteiger partial charge in [-0.1, -0.05) is 19.1 Å². The third-order valence-electron chi connectivity index (χ3n) is 3.53. The Kier molecular flexibility index (Phi) is 5.82. The lowest BCUT2D eigenvalue weighted by atomic mass is 10.0. The van der Waals surface area contributed by atoms with E-state index in [-0.39, 0.29) is 30.3 Å². The number of nitrogens with zero attached hydrogens (tertiary/aromatic N) is 3. The van der Waals surface area contributed by atoms with Crippen LogP contribution in [-0.2, 0) is 16.1 Å². The highest BCUT2D eigenvalue weighted by molar-refractivity contribution is 5.89. The van der Waals surface area contributed by atoms with Crippen molar-refractivity contribution in [1.82, 2.24) is 36.6 Å². The average molecular weight is 309 g/mol. The van der Waals surface area contributed by atoms with Crippen LogP contribution < -0.4 is 16.0 Å². The van der Waals surface area contributed by atoms with Gasteiger partial charge in [-0.3, -0.25) is 9.59 Å². The average Bonchev–Trinajstić information content (AvgIpc) is 3.16. The summed E-state index contributed by atoms with van der Waals surface area (Å²) in [7, 11) is 0. The van der Waals surface area contributed by atoms with E-state index in [1.807, 2.05) is 13.8 Å². The Morgan fingerprint density at radius 2 is 2.23 bits per heavy atom. The Balaban J connectivity index is 1.89. The molecule has 1 aliphatic heterocycles. The van der Waals surface area contributed by atoms with Gasteiger partial charge in [-0.15, -0.1) is 10.2 Å².